The van der Waals surface area contributed by atoms with Crippen molar-refractivity contribution in [3.63, 3.8) is 0 Å². The quantitative estimate of drug-likeness (QED) is 0.352. The average molecular weight is 488 g/mol. The van der Waals surface area contributed by atoms with Crippen LogP contribution < -0.4 is 10.2 Å². The molecule has 5 nitrogen and oxygen atoms in total. The van der Waals surface area contributed by atoms with E-state index in [2.05, 4.69) is 5.32 Å². The van der Waals surface area contributed by atoms with Crippen molar-refractivity contribution < 1.29 is 9.59 Å². The Labute approximate surface area is 208 Å². The Bertz CT molecular complexity index is 1350. The van der Waals surface area contributed by atoms with Crippen LogP contribution in [0.25, 0.3) is 0 Å². The molecule has 0 aliphatic carbocycles. The number of aryl methyl sites for hydroxylation is 2. The molecule has 34 heavy (non-hydrogen) atoms. The molecule has 1 fully saturated rings. The smallest absolute Gasteiger partial charge is 0.269 e. The van der Waals surface area contributed by atoms with E-state index in [1.807, 2.05) is 80.6 Å². The standard InChI is InChI=1S/C27H22ClN3O2S/c1-17-9-3-7-13-22(17)30-25(32)20(16-29)27-31(23-14-8-4-10-18(23)2)26(33)24(34-27)15-19-11-5-6-12-21(19)28/h3-14,24H,15H2,1-2H3,(H,30,32)/b27-20-/t24-/m1/s1. The van der Waals surface area contributed by atoms with Gasteiger partial charge >= 0.3 is 0 Å². The van der Waals surface area contributed by atoms with E-state index in [0.717, 1.165) is 16.7 Å². The van der Waals surface area contributed by atoms with Crippen LogP contribution in [0.3, 0.4) is 0 Å². The molecule has 1 atom stereocenters. The predicted octanol–water partition coefficient (Wildman–Crippen LogP) is 6.02. The fourth-order valence-corrected chi connectivity index (χ4v) is 5.28. The summed E-state index contributed by atoms with van der Waals surface area (Å²) >= 11 is 7.57. The van der Waals surface area contributed by atoms with Crippen molar-refractivity contribution in [3.05, 3.63) is 105 Å². The van der Waals surface area contributed by atoms with E-state index in [0.29, 0.717) is 27.8 Å². The van der Waals surface area contributed by atoms with Crippen LogP contribution in [-0.2, 0) is 16.0 Å². The van der Waals surface area contributed by atoms with Crippen molar-refractivity contribution in [2.45, 2.75) is 25.5 Å². The van der Waals surface area contributed by atoms with Crippen LogP contribution in [0.4, 0.5) is 11.4 Å². The Morgan fingerprint density at radius 2 is 1.68 bits per heavy atom. The molecule has 2 amide bonds. The summed E-state index contributed by atoms with van der Waals surface area (Å²) < 4.78 is 0. The van der Waals surface area contributed by atoms with Crippen molar-refractivity contribution in [2.75, 3.05) is 10.2 Å². The highest BCUT2D eigenvalue weighted by molar-refractivity contribution is 8.05. The fourth-order valence-electron chi connectivity index (χ4n) is 3.78. The number of benzene rings is 3. The lowest BCUT2D eigenvalue weighted by Crippen LogP contribution is -2.31. The van der Waals surface area contributed by atoms with Gasteiger partial charge in [-0.15, -0.1) is 0 Å². The highest BCUT2D eigenvalue weighted by atomic mass is 35.5. The van der Waals surface area contributed by atoms with E-state index in [9.17, 15) is 14.9 Å². The van der Waals surface area contributed by atoms with Gasteiger partial charge in [0.2, 0.25) is 5.91 Å². The molecule has 4 rings (SSSR count). The molecule has 3 aromatic carbocycles. The molecule has 0 radical (unpaired) electrons. The first-order valence-corrected chi connectivity index (χ1v) is 12.0. The lowest BCUT2D eigenvalue weighted by Gasteiger charge is -2.21. The van der Waals surface area contributed by atoms with Crippen LogP contribution in [-0.4, -0.2) is 17.1 Å². The number of nitrogens with zero attached hydrogens (tertiary/aromatic N) is 2. The number of thioether (sulfide) groups is 1. The van der Waals surface area contributed by atoms with Gasteiger partial charge in [0.15, 0.2) is 0 Å². The minimum absolute atomic E-state index is 0.105. The summed E-state index contributed by atoms with van der Waals surface area (Å²) in [6.45, 7) is 3.77. The molecule has 1 saturated heterocycles. The first-order chi connectivity index (χ1) is 16.4. The van der Waals surface area contributed by atoms with Crippen molar-refractivity contribution in [1.82, 2.24) is 0 Å². The number of nitriles is 1. The SMILES string of the molecule is Cc1ccccc1NC(=O)/C(C#N)=C1\S[C@H](Cc2ccccc2Cl)C(=O)N1c1ccccc1C. The fraction of sp³-hybridized carbons (Fsp3) is 0.148. The minimum atomic E-state index is -0.552. The molecular formula is C27H22ClN3O2S. The summed E-state index contributed by atoms with van der Waals surface area (Å²) in [4.78, 5) is 28.3. The molecule has 170 valence electrons. The second kappa shape index (κ2) is 10.2. The van der Waals surface area contributed by atoms with Crippen molar-refractivity contribution in [3.8, 4) is 6.07 Å². The molecule has 7 heteroatoms. The van der Waals surface area contributed by atoms with Gasteiger partial charge in [0.05, 0.1) is 10.9 Å². The number of amides is 2. The van der Waals surface area contributed by atoms with Crippen molar-refractivity contribution in [2.24, 2.45) is 0 Å². The number of para-hydroxylation sites is 2. The van der Waals surface area contributed by atoms with Crippen LogP contribution >= 0.6 is 23.4 Å². The van der Waals surface area contributed by atoms with E-state index in [1.54, 1.807) is 12.1 Å². The van der Waals surface area contributed by atoms with Gasteiger partial charge in [0, 0.05) is 10.7 Å². The zero-order chi connectivity index (χ0) is 24.2. The average Bonchev–Trinajstić information content (AvgIpc) is 3.13. The number of carbonyl (C=O) groups excluding carboxylic acids is 2. The molecule has 0 bridgehead atoms. The molecule has 1 aliphatic rings. The number of anilines is 2. The summed E-state index contributed by atoms with van der Waals surface area (Å²) in [7, 11) is 0. The highest BCUT2D eigenvalue weighted by Crippen LogP contribution is 2.43. The second-order valence-corrected chi connectivity index (χ2v) is 9.52. The van der Waals surface area contributed by atoms with E-state index < -0.39 is 11.2 Å². The van der Waals surface area contributed by atoms with E-state index in [4.69, 9.17) is 11.6 Å². The van der Waals surface area contributed by atoms with E-state index in [1.165, 1.54) is 16.7 Å². The molecule has 0 aromatic heterocycles. The normalized spacial score (nSPS) is 16.8. The molecule has 0 saturated carbocycles. The summed E-state index contributed by atoms with van der Waals surface area (Å²) in [5.74, 6) is -0.741. The lowest BCUT2D eigenvalue weighted by atomic mass is 10.1. The minimum Gasteiger partial charge on any atom is -0.321 e. The first-order valence-electron chi connectivity index (χ1n) is 10.7. The van der Waals surface area contributed by atoms with Gasteiger partial charge in [0.1, 0.15) is 16.7 Å². The molecule has 3 aromatic rings. The summed E-state index contributed by atoms with van der Waals surface area (Å²) in [5, 5.41) is 13.2. The predicted molar refractivity (Wildman–Crippen MR) is 138 cm³/mol. The Morgan fingerprint density at radius 3 is 2.35 bits per heavy atom. The number of nitrogens with one attached hydrogen (secondary N) is 1. The summed E-state index contributed by atoms with van der Waals surface area (Å²) in [5.41, 5.74) is 3.73. The van der Waals surface area contributed by atoms with Crippen LogP contribution in [0.1, 0.15) is 16.7 Å². The Kier molecular flexibility index (Phi) is 7.06. The molecule has 0 unspecified atom stereocenters. The number of rotatable bonds is 5. The Morgan fingerprint density at radius 1 is 1.03 bits per heavy atom. The number of carbonyl (C=O) groups is 2. The molecule has 1 aliphatic heterocycles. The maximum Gasteiger partial charge on any atom is 0.269 e. The van der Waals surface area contributed by atoms with Crippen LogP contribution in [0.15, 0.2) is 83.4 Å². The first kappa shape index (κ1) is 23.6. The summed E-state index contributed by atoms with van der Waals surface area (Å²) in [6.07, 6.45) is 0.382. The zero-order valence-electron chi connectivity index (χ0n) is 18.7. The van der Waals surface area contributed by atoms with Gasteiger partial charge in [-0.1, -0.05) is 78.0 Å². The maximum atomic E-state index is 13.6. The zero-order valence-corrected chi connectivity index (χ0v) is 20.3. The van der Waals surface area contributed by atoms with Crippen LogP contribution in [0.5, 0.6) is 0 Å². The largest absolute Gasteiger partial charge is 0.321 e. The molecular weight excluding hydrogens is 466 g/mol. The highest BCUT2D eigenvalue weighted by Gasteiger charge is 2.41. The third-order valence-electron chi connectivity index (χ3n) is 5.62. The Hall–Kier alpha value is -3.53. The van der Waals surface area contributed by atoms with Crippen LogP contribution in [0.2, 0.25) is 5.02 Å². The molecule has 1 heterocycles. The van der Waals surface area contributed by atoms with Gasteiger partial charge in [0.25, 0.3) is 5.91 Å². The number of hydrogen-bond donors (Lipinski definition) is 1. The monoisotopic (exact) mass is 487 g/mol. The maximum absolute atomic E-state index is 13.6. The van der Waals surface area contributed by atoms with Gasteiger partial charge < -0.3 is 5.32 Å². The van der Waals surface area contributed by atoms with Gasteiger partial charge in [-0.2, -0.15) is 5.26 Å². The van der Waals surface area contributed by atoms with Crippen molar-refractivity contribution >= 4 is 46.6 Å². The van der Waals surface area contributed by atoms with Crippen molar-refractivity contribution in [1.29, 1.82) is 5.26 Å². The second-order valence-electron chi connectivity index (χ2n) is 7.92. The van der Waals surface area contributed by atoms with Gasteiger partial charge in [-0.3, -0.25) is 14.5 Å². The van der Waals surface area contributed by atoms with Crippen LogP contribution in [0, 0.1) is 25.2 Å². The van der Waals surface area contributed by atoms with Gasteiger partial charge in [-0.05, 0) is 55.2 Å². The topological polar surface area (TPSA) is 73.2 Å². The third-order valence-corrected chi connectivity index (χ3v) is 7.25. The number of hydrogen-bond acceptors (Lipinski definition) is 4. The lowest BCUT2D eigenvalue weighted by molar-refractivity contribution is -0.117. The number of halogens is 1. The van der Waals surface area contributed by atoms with E-state index >= 15 is 0 Å². The van der Waals surface area contributed by atoms with E-state index in [-0.39, 0.29) is 11.5 Å². The summed E-state index contributed by atoms with van der Waals surface area (Å²) in [6, 6.07) is 24.2. The molecule has 0 spiro atoms. The van der Waals surface area contributed by atoms with Gasteiger partial charge in [-0.25, -0.2) is 0 Å². The Balaban J connectivity index is 1.77. The molecule has 1 N–H and O–H groups in total. The third kappa shape index (κ3) is 4.72.